The van der Waals surface area contributed by atoms with Gasteiger partial charge in [0.05, 0.1) is 12.5 Å². The van der Waals surface area contributed by atoms with Crippen LogP contribution in [-0.2, 0) is 16.0 Å². The van der Waals surface area contributed by atoms with Crippen molar-refractivity contribution in [3.63, 3.8) is 0 Å². The van der Waals surface area contributed by atoms with E-state index in [1.807, 2.05) is 63.2 Å². The predicted octanol–water partition coefficient (Wildman–Crippen LogP) is 3.20. The summed E-state index contributed by atoms with van der Waals surface area (Å²) in [5.41, 5.74) is 8.07. The first-order chi connectivity index (χ1) is 12.2. The van der Waals surface area contributed by atoms with Crippen LogP contribution in [-0.4, -0.2) is 24.9 Å². The summed E-state index contributed by atoms with van der Waals surface area (Å²) in [6, 6.07) is 16.2. The number of hydrogen-bond donors (Lipinski definition) is 2. The third-order valence-corrected chi connectivity index (χ3v) is 4.31. The highest BCUT2D eigenvalue weighted by atomic mass is 16.2. The molecule has 1 atom stereocenters. The van der Waals surface area contributed by atoms with Crippen LogP contribution in [0.5, 0.6) is 0 Å². The van der Waals surface area contributed by atoms with Crippen LogP contribution >= 0.6 is 0 Å². The quantitative estimate of drug-likeness (QED) is 0.867. The van der Waals surface area contributed by atoms with Gasteiger partial charge in [0.1, 0.15) is 0 Å². The van der Waals surface area contributed by atoms with E-state index in [4.69, 9.17) is 5.73 Å². The molecule has 0 heterocycles. The Morgan fingerprint density at radius 1 is 1.04 bits per heavy atom. The number of hydrogen-bond acceptors (Lipinski definition) is 3. The van der Waals surface area contributed by atoms with Crippen LogP contribution in [0.2, 0.25) is 0 Å². The average Bonchev–Trinajstić information content (AvgIpc) is 2.61. The van der Waals surface area contributed by atoms with Crippen LogP contribution in [0.15, 0.2) is 54.6 Å². The van der Waals surface area contributed by atoms with E-state index >= 15 is 0 Å². The standard InChI is InChI=1S/C21H27N3O2/c1-21(2,3)19(22)20(26)23-16-12-10-15(11-13-16)14-18(25)24(4)17-8-6-5-7-9-17/h5-13,19H,14,22H2,1-4H3,(H,23,26)/t19-/m1/s1. The van der Waals surface area contributed by atoms with Crippen LogP contribution in [0.3, 0.4) is 0 Å². The Kier molecular flexibility index (Phi) is 6.16. The molecule has 0 aliphatic heterocycles. The number of likely N-dealkylation sites (N-methyl/N-ethyl adjacent to an activating group) is 1. The second-order valence-corrected chi connectivity index (χ2v) is 7.49. The number of nitrogens with one attached hydrogen (secondary N) is 1. The maximum atomic E-state index is 12.4. The van der Waals surface area contributed by atoms with Gasteiger partial charge in [-0.25, -0.2) is 0 Å². The number of nitrogens with two attached hydrogens (primary N) is 1. The average molecular weight is 353 g/mol. The molecule has 0 aromatic heterocycles. The fourth-order valence-electron chi connectivity index (χ4n) is 2.41. The molecule has 138 valence electrons. The first kappa shape index (κ1) is 19.7. The molecule has 0 unspecified atom stereocenters. The zero-order valence-corrected chi connectivity index (χ0v) is 15.8. The number of rotatable bonds is 5. The van der Waals surface area contributed by atoms with E-state index in [2.05, 4.69) is 5.32 Å². The van der Waals surface area contributed by atoms with Crippen LogP contribution in [0.25, 0.3) is 0 Å². The van der Waals surface area contributed by atoms with Gasteiger partial charge in [0, 0.05) is 18.4 Å². The lowest BCUT2D eigenvalue weighted by Crippen LogP contribution is -2.45. The first-order valence-corrected chi connectivity index (χ1v) is 8.65. The van der Waals surface area contributed by atoms with Gasteiger partial charge in [0.25, 0.3) is 0 Å². The number of anilines is 2. The predicted molar refractivity (Wildman–Crippen MR) is 106 cm³/mol. The van der Waals surface area contributed by atoms with Gasteiger partial charge in [-0.15, -0.1) is 0 Å². The lowest BCUT2D eigenvalue weighted by molar-refractivity contribution is -0.119. The smallest absolute Gasteiger partial charge is 0.241 e. The molecule has 5 nitrogen and oxygen atoms in total. The van der Waals surface area contributed by atoms with Crippen molar-refractivity contribution in [1.29, 1.82) is 0 Å². The van der Waals surface area contributed by atoms with Gasteiger partial charge in [0.2, 0.25) is 11.8 Å². The second kappa shape index (κ2) is 8.15. The third kappa shape index (κ3) is 5.17. The fourth-order valence-corrected chi connectivity index (χ4v) is 2.41. The summed E-state index contributed by atoms with van der Waals surface area (Å²) in [5.74, 6) is -0.215. The molecule has 0 saturated heterocycles. The molecule has 2 aromatic rings. The molecule has 0 aliphatic rings. The molecule has 0 aliphatic carbocycles. The molecule has 5 heteroatoms. The lowest BCUT2D eigenvalue weighted by Gasteiger charge is -2.25. The monoisotopic (exact) mass is 353 g/mol. The van der Waals surface area contributed by atoms with Crippen molar-refractivity contribution in [2.24, 2.45) is 11.1 Å². The molecule has 2 aromatic carbocycles. The van der Waals surface area contributed by atoms with Crippen molar-refractivity contribution in [2.75, 3.05) is 17.3 Å². The number of amides is 2. The maximum Gasteiger partial charge on any atom is 0.241 e. The number of carbonyl (C=O) groups is 2. The van der Waals surface area contributed by atoms with Gasteiger partial charge in [-0.1, -0.05) is 51.1 Å². The molecule has 0 fully saturated rings. The molecule has 0 bridgehead atoms. The molecule has 0 saturated carbocycles. The van der Waals surface area contributed by atoms with Crippen molar-refractivity contribution in [1.82, 2.24) is 0 Å². The van der Waals surface area contributed by atoms with Gasteiger partial charge < -0.3 is 16.0 Å². The van der Waals surface area contributed by atoms with Crippen molar-refractivity contribution < 1.29 is 9.59 Å². The minimum absolute atomic E-state index is 0.00254. The largest absolute Gasteiger partial charge is 0.325 e. The number of benzene rings is 2. The van der Waals surface area contributed by atoms with Crippen LogP contribution < -0.4 is 16.0 Å². The number of carbonyl (C=O) groups excluding carboxylic acids is 2. The van der Waals surface area contributed by atoms with E-state index < -0.39 is 6.04 Å². The van der Waals surface area contributed by atoms with Gasteiger partial charge in [-0.3, -0.25) is 9.59 Å². The van der Waals surface area contributed by atoms with Crippen molar-refractivity contribution in [3.05, 3.63) is 60.2 Å². The SMILES string of the molecule is CN(C(=O)Cc1ccc(NC(=O)[C@@H](N)C(C)(C)C)cc1)c1ccccc1. The zero-order valence-electron chi connectivity index (χ0n) is 15.8. The summed E-state index contributed by atoms with van der Waals surface area (Å²) in [5, 5.41) is 2.82. The Morgan fingerprint density at radius 3 is 2.15 bits per heavy atom. The Labute approximate surface area is 155 Å². The Hall–Kier alpha value is -2.66. The van der Waals surface area contributed by atoms with Gasteiger partial charge in [-0.05, 0) is 35.2 Å². The summed E-state index contributed by atoms with van der Waals surface area (Å²) >= 11 is 0. The molecule has 0 spiro atoms. The number of para-hydroxylation sites is 1. The van der Waals surface area contributed by atoms with Crippen molar-refractivity contribution >= 4 is 23.2 Å². The zero-order chi connectivity index (χ0) is 19.3. The topological polar surface area (TPSA) is 75.4 Å². The van der Waals surface area contributed by atoms with E-state index in [1.54, 1.807) is 24.1 Å². The third-order valence-electron chi connectivity index (χ3n) is 4.31. The second-order valence-electron chi connectivity index (χ2n) is 7.49. The maximum absolute atomic E-state index is 12.4. The Morgan fingerprint density at radius 2 is 1.62 bits per heavy atom. The normalized spacial score (nSPS) is 12.3. The first-order valence-electron chi connectivity index (χ1n) is 8.65. The molecule has 3 N–H and O–H groups in total. The summed E-state index contributed by atoms with van der Waals surface area (Å²) in [6.45, 7) is 5.78. The minimum atomic E-state index is -0.594. The molecule has 0 radical (unpaired) electrons. The van der Waals surface area contributed by atoms with Crippen LogP contribution in [0.1, 0.15) is 26.3 Å². The Balaban J connectivity index is 1.97. The fraction of sp³-hybridized carbons (Fsp3) is 0.333. The lowest BCUT2D eigenvalue weighted by atomic mass is 9.87. The molecule has 2 rings (SSSR count). The molecular formula is C21H27N3O2. The van der Waals surface area contributed by atoms with Crippen molar-refractivity contribution in [2.45, 2.75) is 33.2 Å². The molecule has 2 amide bonds. The highest BCUT2D eigenvalue weighted by Crippen LogP contribution is 2.19. The summed E-state index contributed by atoms with van der Waals surface area (Å²) in [6.07, 6.45) is 0.293. The van der Waals surface area contributed by atoms with Gasteiger partial charge >= 0.3 is 0 Å². The summed E-state index contributed by atoms with van der Waals surface area (Å²) < 4.78 is 0. The van der Waals surface area contributed by atoms with E-state index in [-0.39, 0.29) is 17.2 Å². The van der Waals surface area contributed by atoms with E-state index in [1.165, 1.54) is 0 Å². The minimum Gasteiger partial charge on any atom is -0.325 e. The van der Waals surface area contributed by atoms with Crippen molar-refractivity contribution in [3.8, 4) is 0 Å². The highest BCUT2D eigenvalue weighted by Gasteiger charge is 2.27. The van der Waals surface area contributed by atoms with Crippen LogP contribution in [0.4, 0.5) is 11.4 Å². The van der Waals surface area contributed by atoms with E-state index in [0.717, 1.165) is 11.3 Å². The molecular weight excluding hydrogens is 326 g/mol. The molecule has 26 heavy (non-hydrogen) atoms. The van der Waals surface area contributed by atoms with E-state index in [9.17, 15) is 9.59 Å². The van der Waals surface area contributed by atoms with Gasteiger partial charge in [0.15, 0.2) is 0 Å². The summed E-state index contributed by atoms with van der Waals surface area (Å²) in [7, 11) is 1.76. The Bertz CT molecular complexity index is 749. The highest BCUT2D eigenvalue weighted by molar-refractivity contribution is 5.96. The summed E-state index contributed by atoms with van der Waals surface area (Å²) in [4.78, 5) is 26.2. The number of nitrogens with zero attached hydrogens (tertiary/aromatic N) is 1. The van der Waals surface area contributed by atoms with E-state index in [0.29, 0.717) is 12.1 Å². The van der Waals surface area contributed by atoms with Gasteiger partial charge in [-0.2, -0.15) is 0 Å². The van der Waals surface area contributed by atoms with Crippen LogP contribution in [0, 0.1) is 5.41 Å².